The summed E-state index contributed by atoms with van der Waals surface area (Å²) in [5.74, 6) is 0.665. The normalized spacial score (nSPS) is 13.4. The van der Waals surface area contributed by atoms with E-state index in [0.29, 0.717) is 27.1 Å². The quantitative estimate of drug-likeness (QED) is 0.678. The fourth-order valence-corrected chi connectivity index (χ4v) is 2.91. The fourth-order valence-electron chi connectivity index (χ4n) is 2.49. The second kappa shape index (κ2) is 6.90. The molecule has 6 heteroatoms. The average molecular weight is 404 g/mol. The van der Waals surface area contributed by atoms with Gasteiger partial charge in [0.05, 0.1) is 19.2 Å². The van der Waals surface area contributed by atoms with Gasteiger partial charge in [0.1, 0.15) is 22.7 Å². The third kappa shape index (κ3) is 3.70. The highest BCUT2D eigenvalue weighted by Gasteiger charge is 2.28. The maximum Gasteiger partial charge on any atom is 0.252 e. The average Bonchev–Trinajstić information content (AvgIpc) is 3.05. The van der Waals surface area contributed by atoms with E-state index in [1.807, 2.05) is 24.3 Å². The Hall–Kier alpha value is -2.31. The lowest BCUT2D eigenvalue weighted by atomic mass is 10.0. The van der Waals surface area contributed by atoms with Crippen molar-refractivity contribution in [2.45, 2.75) is 12.5 Å². The number of para-hydroxylation sites is 1. The summed E-state index contributed by atoms with van der Waals surface area (Å²) in [6.07, 6.45) is 0. The molecule has 0 spiro atoms. The number of nitrogens with one attached hydrogen (secondary N) is 1. The Bertz CT molecular complexity index is 884. The summed E-state index contributed by atoms with van der Waals surface area (Å²) in [5.41, 5.74) is -0.209. The van der Waals surface area contributed by atoms with E-state index in [4.69, 9.17) is 9.15 Å². The van der Waals surface area contributed by atoms with Gasteiger partial charge in [0, 0.05) is 9.86 Å². The van der Waals surface area contributed by atoms with Gasteiger partial charge in [-0.1, -0.05) is 18.2 Å². The molecule has 25 heavy (non-hydrogen) atoms. The first-order chi connectivity index (χ1) is 11.9. The minimum atomic E-state index is -1.33. The molecule has 1 heterocycles. The second-order valence-electron chi connectivity index (χ2n) is 5.95. The van der Waals surface area contributed by atoms with Crippen molar-refractivity contribution in [3.8, 4) is 5.75 Å². The molecule has 0 aliphatic heterocycles. The van der Waals surface area contributed by atoms with Gasteiger partial charge in [-0.15, -0.1) is 0 Å². The minimum Gasteiger partial charge on any atom is -0.497 e. The lowest BCUT2D eigenvalue weighted by Gasteiger charge is -2.21. The third-order valence-electron chi connectivity index (χ3n) is 3.97. The number of amides is 1. The van der Waals surface area contributed by atoms with Gasteiger partial charge in [0.15, 0.2) is 0 Å². The van der Waals surface area contributed by atoms with Crippen LogP contribution >= 0.6 is 15.9 Å². The number of hydrogen-bond acceptors (Lipinski definition) is 4. The molecule has 1 aromatic heterocycles. The summed E-state index contributed by atoms with van der Waals surface area (Å²) in [7, 11) is 1.54. The van der Waals surface area contributed by atoms with Gasteiger partial charge in [-0.05, 0) is 53.2 Å². The Morgan fingerprint density at radius 3 is 2.76 bits per heavy atom. The number of hydrogen-bond donors (Lipinski definition) is 2. The van der Waals surface area contributed by atoms with Crippen molar-refractivity contribution >= 4 is 32.8 Å². The summed E-state index contributed by atoms with van der Waals surface area (Å²) >= 11 is 3.35. The molecule has 0 bridgehead atoms. The Balaban J connectivity index is 1.76. The number of rotatable bonds is 5. The van der Waals surface area contributed by atoms with Crippen LogP contribution in [-0.4, -0.2) is 24.7 Å². The highest BCUT2D eigenvalue weighted by atomic mass is 79.9. The van der Waals surface area contributed by atoms with E-state index in [0.717, 1.165) is 5.39 Å². The van der Waals surface area contributed by atoms with Crippen LogP contribution in [0.5, 0.6) is 5.75 Å². The number of benzene rings is 2. The standard InChI is InChI=1S/C19H18BrNO4/c1-19(23,17-9-12-5-3-4-6-16(12)25-17)11-21-18(22)14-10-13(24-2)7-8-15(14)20/h3-10,23H,11H2,1-2H3,(H,21,22)/t19-/m1/s1. The molecule has 0 fully saturated rings. The van der Waals surface area contributed by atoms with Gasteiger partial charge in [0.25, 0.3) is 5.91 Å². The smallest absolute Gasteiger partial charge is 0.252 e. The van der Waals surface area contributed by atoms with Crippen molar-refractivity contribution in [1.82, 2.24) is 5.32 Å². The number of fused-ring (bicyclic) bond motifs is 1. The third-order valence-corrected chi connectivity index (χ3v) is 4.66. The van der Waals surface area contributed by atoms with E-state index in [1.165, 1.54) is 7.11 Å². The molecule has 5 nitrogen and oxygen atoms in total. The van der Waals surface area contributed by atoms with Crippen molar-refractivity contribution in [1.29, 1.82) is 0 Å². The molecule has 0 aliphatic rings. The van der Waals surface area contributed by atoms with Crippen LogP contribution < -0.4 is 10.1 Å². The van der Waals surface area contributed by atoms with Crippen LogP contribution in [0.4, 0.5) is 0 Å². The van der Waals surface area contributed by atoms with Crippen LogP contribution in [-0.2, 0) is 5.60 Å². The van der Waals surface area contributed by atoms with Gasteiger partial charge < -0.3 is 19.6 Å². The molecule has 0 saturated heterocycles. The predicted octanol–water partition coefficient (Wildman–Crippen LogP) is 3.84. The number of halogens is 1. The van der Waals surface area contributed by atoms with Gasteiger partial charge in [-0.2, -0.15) is 0 Å². The van der Waals surface area contributed by atoms with Crippen LogP contribution in [0.1, 0.15) is 23.0 Å². The van der Waals surface area contributed by atoms with Gasteiger partial charge >= 0.3 is 0 Å². The van der Waals surface area contributed by atoms with E-state index in [9.17, 15) is 9.90 Å². The number of furan rings is 1. The highest BCUT2D eigenvalue weighted by molar-refractivity contribution is 9.10. The summed E-state index contributed by atoms with van der Waals surface area (Å²) < 4.78 is 11.5. The number of methoxy groups -OCH3 is 1. The molecule has 0 radical (unpaired) electrons. The first-order valence-corrected chi connectivity index (χ1v) is 8.53. The predicted molar refractivity (Wildman–Crippen MR) is 98.8 cm³/mol. The first kappa shape index (κ1) is 17.5. The van der Waals surface area contributed by atoms with E-state index in [1.54, 1.807) is 31.2 Å². The van der Waals surface area contributed by atoms with E-state index in [-0.39, 0.29) is 12.5 Å². The lowest BCUT2D eigenvalue weighted by molar-refractivity contribution is 0.0344. The topological polar surface area (TPSA) is 71.7 Å². The monoisotopic (exact) mass is 403 g/mol. The molecular formula is C19H18BrNO4. The molecule has 1 amide bonds. The molecule has 3 rings (SSSR count). The van der Waals surface area contributed by atoms with E-state index < -0.39 is 5.60 Å². The molecular weight excluding hydrogens is 386 g/mol. The Labute approximate surface area is 153 Å². The van der Waals surface area contributed by atoms with Gasteiger partial charge in [-0.3, -0.25) is 4.79 Å². The minimum absolute atomic E-state index is 0.00923. The van der Waals surface area contributed by atoms with Crippen LogP contribution in [0.15, 0.2) is 57.4 Å². The number of carbonyl (C=O) groups excluding carboxylic acids is 1. The Kier molecular flexibility index (Phi) is 4.83. The largest absolute Gasteiger partial charge is 0.497 e. The van der Waals surface area contributed by atoms with Crippen molar-refractivity contribution in [3.63, 3.8) is 0 Å². The maximum atomic E-state index is 12.4. The molecule has 0 unspecified atom stereocenters. The SMILES string of the molecule is COc1ccc(Br)c(C(=O)NC[C@@](C)(O)c2cc3ccccc3o2)c1. The summed E-state index contributed by atoms with van der Waals surface area (Å²) in [4.78, 5) is 12.4. The van der Waals surface area contributed by atoms with Gasteiger partial charge in [0.2, 0.25) is 0 Å². The molecule has 2 N–H and O–H groups in total. The molecule has 1 atom stereocenters. The van der Waals surface area contributed by atoms with E-state index >= 15 is 0 Å². The molecule has 0 saturated carbocycles. The summed E-state index contributed by atoms with van der Waals surface area (Å²) in [6, 6.07) is 14.4. The lowest BCUT2D eigenvalue weighted by Crippen LogP contribution is -2.38. The Morgan fingerprint density at radius 1 is 1.28 bits per heavy atom. The van der Waals surface area contributed by atoms with Crippen LogP contribution in [0.25, 0.3) is 11.0 Å². The van der Waals surface area contributed by atoms with Gasteiger partial charge in [-0.25, -0.2) is 0 Å². The first-order valence-electron chi connectivity index (χ1n) is 7.74. The van der Waals surface area contributed by atoms with Crippen molar-refractivity contribution < 1.29 is 19.1 Å². The Morgan fingerprint density at radius 2 is 2.04 bits per heavy atom. The van der Waals surface area contributed by atoms with Crippen molar-refractivity contribution in [2.75, 3.05) is 13.7 Å². The number of ether oxygens (including phenoxy) is 1. The van der Waals surface area contributed by atoms with Crippen LogP contribution in [0.3, 0.4) is 0 Å². The highest BCUT2D eigenvalue weighted by Crippen LogP contribution is 2.28. The number of carbonyl (C=O) groups is 1. The zero-order valence-corrected chi connectivity index (χ0v) is 15.5. The molecule has 0 aliphatic carbocycles. The zero-order chi connectivity index (χ0) is 18.0. The molecule has 130 valence electrons. The fraction of sp³-hybridized carbons (Fsp3) is 0.211. The molecule has 2 aromatic carbocycles. The number of aliphatic hydroxyl groups is 1. The molecule has 3 aromatic rings. The zero-order valence-electron chi connectivity index (χ0n) is 13.9. The second-order valence-corrected chi connectivity index (χ2v) is 6.81. The van der Waals surface area contributed by atoms with Crippen molar-refractivity contribution in [3.05, 3.63) is 64.3 Å². The van der Waals surface area contributed by atoms with Crippen LogP contribution in [0.2, 0.25) is 0 Å². The van der Waals surface area contributed by atoms with Crippen LogP contribution in [0, 0.1) is 0 Å². The maximum absolute atomic E-state index is 12.4. The summed E-state index contributed by atoms with van der Waals surface area (Å²) in [6.45, 7) is 1.61. The van der Waals surface area contributed by atoms with E-state index in [2.05, 4.69) is 21.2 Å². The summed E-state index contributed by atoms with van der Waals surface area (Å²) in [5, 5.41) is 14.3. The van der Waals surface area contributed by atoms with Crippen molar-refractivity contribution in [2.24, 2.45) is 0 Å².